The minimum Gasteiger partial charge on any atom is -0.315 e. The van der Waals surface area contributed by atoms with Crippen LogP contribution in [-0.4, -0.2) is 29.8 Å². The van der Waals surface area contributed by atoms with Gasteiger partial charge in [-0.25, -0.2) is 0 Å². The molecular weight excluding hydrogens is 270 g/mol. The van der Waals surface area contributed by atoms with Crippen molar-refractivity contribution in [2.75, 3.05) is 25.1 Å². The Hall–Kier alpha value is -0.120. The van der Waals surface area contributed by atoms with E-state index in [4.69, 9.17) is 0 Å². The smallest absolute Gasteiger partial charge is 0.0281 e. The normalized spacial score (nSPS) is 18.4. The first kappa shape index (κ1) is 15.3. The summed E-state index contributed by atoms with van der Waals surface area (Å²) in [7, 11) is 0. The third kappa shape index (κ3) is 5.05. The van der Waals surface area contributed by atoms with Crippen LogP contribution in [-0.2, 0) is 0 Å². The first-order valence-corrected chi connectivity index (χ1v) is 9.49. The molecule has 1 aromatic carbocycles. The van der Waals surface area contributed by atoms with E-state index in [1.807, 2.05) is 11.8 Å². The first-order chi connectivity index (χ1) is 9.35. The van der Waals surface area contributed by atoms with Gasteiger partial charge in [0.25, 0.3) is 0 Å². The van der Waals surface area contributed by atoms with Crippen LogP contribution < -0.4 is 5.32 Å². The van der Waals surface area contributed by atoms with E-state index in [9.17, 15) is 0 Å². The fraction of sp³-hybridized carbons (Fsp3) is 0.625. The van der Waals surface area contributed by atoms with Crippen molar-refractivity contribution in [1.29, 1.82) is 0 Å². The zero-order valence-corrected chi connectivity index (χ0v) is 13.5. The molecule has 3 heteroatoms. The molecule has 2 rings (SSSR count). The van der Waals surface area contributed by atoms with Crippen LogP contribution in [0.25, 0.3) is 0 Å². The Bertz CT molecular complexity index is 347. The third-order valence-corrected chi connectivity index (χ3v) is 6.37. The number of nitrogens with one attached hydrogen (secondary N) is 1. The lowest BCUT2D eigenvalue weighted by Gasteiger charge is -2.36. The Morgan fingerprint density at radius 1 is 1.11 bits per heavy atom. The molecule has 106 valence electrons. The van der Waals surface area contributed by atoms with E-state index in [1.165, 1.54) is 43.5 Å². The maximum absolute atomic E-state index is 3.68. The molecule has 1 aliphatic rings. The van der Waals surface area contributed by atoms with Crippen molar-refractivity contribution >= 4 is 23.5 Å². The zero-order valence-electron chi connectivity index (χ0n) is 11.9. The Morgan fingerprint density at radius 2 is 1.84 bits per heavy atom. The van der Waals surface area contributed by atoms with E-state index in [0.717, 1.165) is 12.3 Å². The maximum atomic E-state index is 3.68. The van der Waals surface area contributed by atoms with E-state index >= 15 is 0 Å². The van der Waals surface area contributed by atoms with Crippen LogP contribution in [0, 0.1) is 0 Å². The Balaban J connectivity index is 1.63. The van der Waals surface area contributed by atoms with E-state index in [2.05, 4.69) is 53.7 Å². The van der Waals surface area contributed by atoms with Gasteiger partial charge >= 0.3 is 0 Å². The molecule has 0 aromatic heterocycles. The Morgan fingerprint density at radius 3 is 2.53 bits per heavy atom. The summed E-state index contributed by atoms with van der Waals surface area (Å²) in [6.07, 6.45) is 9.35. The molecule has 0 atom stereocenters. The van der Waals surface area contributed by atoms with Crippen LogP contribution >= 0.6 is 23.5 Å². The lowest BCUT2D eigenvalue weighted by molar-refractivity contribution is 0.383. The van der Waals surface area contributed by atoms with Gasteiger partial charge in [0.1, 0.15) is 0 Å². The molecular formula is C16H25NS2. The van der Waals surface area contributed by atoms with E-state index in [-0.39, 0.29) is 0 Å². The summed E-state index contributed by atoms with van der Waals surface area (Å²) in [6, 6.07) is 10.7. The highest BCUT2D eigenvalue weighted by Gasteiger charge is 2.30. The molecule has 0 amide bonds. The van der Waals surface area contributed by atoms with Gasteiger partial charge in [-0.05, 0) is 31.2 Å². The summed E-state index contributed by atoms with van der Waals surface area (Å²) in [5, 5.41) is 3.68. The van der Waals surface area contributed by atoms with Crippen LogP contribution in [0.5, 0.6) is 0 Å². The zero-order chi connectivity index (χ0) is 13.4. The molecule has 0 unspecified atom stereocenters. The second-order valence-electron chi connectivity index (χ2n) is 5.29. The molecule has 0 heterocycles. The molecule has 1 N–H and O–H groups in total. The first-order valence-electron chi connectivity index (χ1n) is 7.28. The fourth-order valence-corrected chi connectivity index (χ4v) is 4.50. The van der Waals surface area contributed by atoms with Gasteiger partial charge in [0.2, 0.25) is 0 Å². The largest absolute Gasteiger partial charge is 0.315 e. The minimum absolute atomic E-state index is 0.523. The summed E-state index contributed by atoms with van der Waals surface area (Å²) in [5.74, 6) is 1.16. The standard InChI is InChI=1S/C16H25NS2/c1-18-16(10-6-3-7-11-16)14-17-12-13-19-15-8-4-2-5-9-15/h2,4-5,8-9,17H,3,6-7,10-14H2,1H3. The van der Waals surface area contributed by atoms with Crippen LogP contribution in [0.3, 0.4) is 0 Å². The van der Waals surface area contributed by atoms with Crippen molar-refractivity contribution in [2.45, 2.75) is 41.7 Å². The van der Waals surface area contributed by atoms with Crippen molar-refractivity contribution in [3.63, 3.8) is 0 Å². The second-order valence-corrected chi connectivity index (χ2v) is 7.73. The average molecular weight is 296 g/mol. The minimum atomic E-state index is 0.523. The summed E-state index contributed by atoms with van der Waals surface area (Å²) in [4.78, 5) is 1.38. The van der Waals surface area contributed by atoms with Gasteiger partial charge in [-0.2, -0.15) is 11.8 Å². The van der Waals surface area contributed by atoms with Crippen LogP contribution in [0.4, 0.5) is 0 Å². The van der Waals surface area contributed by atoms with Crippen molar-refractivity contribution in [2.24, 2.45) is 0 Å². The maximum Gasteiger partial charge on any atom is 0.0281 e. The molecule has 19 heavy (non-hydrogen) atoms. The number of thioether (sulfide) groups is 2. The van der Waals surface area contributed by atoms with Gasteiger partial charge in [0, 0.05) is 28.5 Å². The molecule has 1 saturated carbocycles. The van der Waals surface area contributed by atoms with Gasteiger partial charge in [-0.3, -0.25) is 0 Å². The number of hydrogen-bond acceptors (Lipinski definition) is 3. The molecule has 0 spiro atoms. The molecule has 1 aliphatic carbocycles. The van der Waals surface area contributed by atoms with Gasteiger partial charge in [0.15, 0.2) is 0 Å². The summed E-state index contributed by atoms with van der Waals surface area (Å²) in [5.41, 5.74) is 0. The van der Waals surface area contributed by atoms with Crippen LogP contribution in [0.2, 0.25) is 0 Å². The van der Waals surface area contributed by atoms with Crippen molar-refractivity contribution in [1.82, 2.24) is 5.32 Å². The average Bonchev–Trinajstić information content (AvgIpc) is 2.49. The second kappa shape index (κ2) is 8.23. The SMILES string of the molecule is CSC1(CNCCSc2ccccc2)CCCCC1. The fourth-order valence-electron chi connectivity index (χ4n) is 2.72. The van der Waals surface area contributed by atoms with Crippen molar-refractivity contribution < 1.29 is 0 Å². The quantitative estimate of drug-likeness (QED) is 0.590. The van der Waals surface area contributed by atoms with E-state index in [0.29, 0.717) is 4.75 Å². The highest BCUT2D eigenvalue weighted by Crippen LogP contribution is 2.37. The summed E-state index contributed by atoms with van der Waals surface area (Å²) < 4.78 is 0.523. The summed E-state index contributed by atoms with van der Waals surface area (Å²) >= 11 is 4.02. The van der Waals surface area contributed by atoms with Crippen LogP contribution in [0.1, 0.15) is 32.1 Å². The third-order valence-electron chi connectivity index (χ3n) is 3.94. The number of benzene rings is 1. The Labute approximate surface area is 126 Å². The van der Waals surface area contributed by atoms with Gasteiger partial charge in [0.05, 0.1) is 0 Å². The Kier molecular flexibility index (Phi) is 6.62. The lowest BCUT2D eigenvalue weighted by atomic mass is 9.88. The van der Waals surface area contributed by atoms with E-state index in [1.54, 1.807) is 0 Å². The van der Waals surface area contributed by atoms with Gasteiger partial charge < -0.3 is 5.32 Å². The monoisotopic (exact) mass is 295 g/mol. The molecule has 1 nitrogen and oxygen atoms in total. The van der Waals surface area contributed by atoms with Crippen molar-refractivity contribution in [3.05, 3.63) is 30.3 Å². The lowest BCUT2D eigenvalue weighted by Crippen LogP contribution is -2.40. The summed E-state index contributed by atoms with van der Waals surface area (Å²) in [6.45, 7) is 2.30. The topological polar surface area (TPSA) is 12.0 Å². The van der Waals surface area contributed by atoms with Crippen LogP contribution in [0.15, 0.2) is 35.2 Å². The van der Waals surface area contributed by atoms with Gasteiger partial charge in [-0.1, -0.05) is 37.5 Å². The highest BCUT2D eigenvalue weighted by atomic mass is 32.2. The molecule has 0 saturated heterocycles. The molecule has 1 fully saturated rings. The highest BCUT2D eigenvalue weighted by molar-refractivity contribution is 8.00. The number of rotatable bonds is 7. The van der Waals surface area contributed by atoms with Crippen molar-refractivity contribution in [3.8, 4) is 0 Å². The molecule has 0 radical (unpaired) electrons. The van der Waals surface area contributed by atoms with Gasteiger partial charge in [-0.15, -0.1) is 11.8 Å². The molecule has 1 aromatic rings. The number of hydrogen-bond donors (Lipinski definition) is 1. The molecule has 0 bridgehead atoms. The molecule has 0 aliphatic heterocycles. The van der Waals surface area contributed by atoms with E-state index < -0.39 is 0 Å². The predicted molar refractivity (Wildman–Crippen MR) is 89.4 cm³/mol. The predicted octanol–water partition coefficient (Wildman–Crippen LogP) is 4.43.